The minimum atomic E-state index is -1.93. The lowest BCUT2D eigenvalue weighted by molar-refractivity contribution is -0.301. The molecule has 1 rings (SSSR count). The number of carbonyl (C=O) groups excluding carboxylic acids is 3. The van der Waals surface area contributed by atoms with Crippen molar-refractivity contribution in [2.24, 2.45) is 0 Å². The van der Waals surface area contributed by atoms with Crippen LogP contribution in [-0.2, 0) is 42.9 Å². The van der Waals surface area contributed by atoms with Gasteiger partial charge in [-0.1, -0.05) is 175 Å². The Bertz CT molecular complexity index is 1690. The van der Waals surface area contributed by atoms with Gasteiger partial charge in [0, 0.05) is 19.3 Å². The average molecular weight is 1020 g/mol. The van der Waals surface area contributed by atoms with Crippen molar-refractivity contribution in [3.8, 4) is 0 Å². The summed E-state index contributed by atoms with van der Waals surface area (Å²) in [6.07, 6.45) is 52.1. The highest BCUT2D eigenvalue weighted by atomic mass is 16.7. The third-order valence-electron chi connectivity index (χ3n) is 11.8. The van der Waals surface area contributed by atoms with Gasteiger partial charge in [0.15, 0.2) is 24.6 Å². The van der Waals surface area contributed by atoms with E-state index in [-0.39, 0.29) is 25.9 Å². The maximum Gasteiger partial charge on any atom is 0.335 e. The lowest BCUT2D eigenvalue weighted by Crippen LogP contribution is -2.61. The van der Waals surface area contributed by atoms with Gasteiger partial charge in [0.2, 0.25) is 0 Å². The van der Waals surface area contributed by atoms with Crippen LogP contribution in [0.1, 0.15) is 201 Å². The first kappa shape index (κ1) is 66.4. The van der Waals surface area contributed by atoms with E-state index in [1.54, 1.807) is 0 Å². The number of allylic oxidation sites excluding steroid dienone is 18. The number of carboxylic acids is 1. The van der Waals surface area contributed by atoms with Gasteiger partial charge >= 0.3 is 23.9 Å². The Labute approximate surface area is 440 Å². The Balaban J connectivity index is 2.76. The predicted molar refractivity (Wildman–Crippen MR) is 294 cm³/mol. The molecular weight excluding hydrogens is 925 g/mol. The Hall–Kier alpha value is -4.62. The maximum atomic E-state index is 13.1. The second-order valence-electron chi connectivity index (χ2n) is 18.4. The van der Waals surface area contributed by atoms with Crippen LogP contribution in [0.5, 0.6) is 0 Å². The van der Waals surface area contributed by atoms with E-state index in [1.807, 2.05) is 0 Å². The quantitative estimate of drug-likeness (QED) is 0.0228. The number of esters is 3. The Morgan fingerprint density at radius 3 is 1.34 bits per heavy atom. The number of ether oxygens (including phenoxy) is 5. The molecule has 1 heterocycles. The smallest absolute Gasteiger partial charge is 0.335 e. The van der Waals surface area contributed by atoms with E-state index in [4.69, 9.17) is 23.7 Å². The molecule has 412 valence electrons. The highest BCUT2D eigenvalue weighted by Crippen LogP contribution is 2.26. The summed E-state index contributed by atoms with van der Waals surface area (Å²) in [6, 6.07) is 0. The number of aliphatic hydroxyl groups excluding tert-OH is 2. The zero-order valence-corrected chi connectivity index (χ0v) is 45.1. The minimum absolute atomic E-state index is 0.000676. The summed E-state index contributed by atoms with van der Waals surface area (Å²) >= 11 is 0. The van der Waals surface area contributed by atoms with Gasteiger partial charge in [-0.25, -0.2) is 4.79 Å². The number of hydrogen-bond acceptors (Lipinski definition) is 11. The summed E-state index contributed by atoms with van der Waals surface area (Å²) < 4.78 is 28.3. The van der Waals surface area contributed by atoms with Crippen molar-refractivity contribution in [2.45, 2.75) is 237 Å². The minimum Gasteiger partial charge on any atom is -0.479 e. The van der Waals surface area contributed by atoms with E-state index in [9.17, 15) is 34.5 Å². The highest BCUT2D eigenvalue weighted by Gasteiger charge is 2.50. The van der Waals surface area contributed by atoms with Crippen LogP contribution in [0.3, 0.4) is 0 Å². The lowest BCUT2D eigenvalue weighted by Gasteiger charge is -2.40. The summed E-state index contributed by atoms with van der Waals surface area (Å²) in [5.41, 5.74) is 0. The Morgan fingerprint density at radius 2 is 0.863 bits per heavy atom. The van der Waals surface area contributed by atoms with Crippen LogP contribution in [-0.4, -0.2) is 89.2 Å². The molecule has 0 amide bonds. The molecule has 6 atom stereocenters. The fourth-order valence-electron chi connectivity index (χ4n) is 7.59. The maximum absolute atomic E-state index is 13.1. The summed E-state index contributed by atoms with van der Waals surface area (Å²) in [7, 11) is 0. The molecule has 73 heavy (non-hydrogen) atoms. The van der Waals surface area contributed by atoms with E-state index in [0.29, 0.717) is 25.7 Å². The van der Waals surface area contributed by atoms with Gasteiger partial charge in [-0.15, -0.1) is 0 Å². The van der Waals surface area contributed by atoms with Crippen LogP contribution >= 0.6 is 0 Å². The van der Waals surface area contributed by atoms with Crippen LogP contribution in [0.2, 0.25) is 0 Å². The van der Waals surface area contributed by atoms with Crippen molar-refractivity contribution in [2.75, 3.05) is 13.2 Å². The molecule has 0 bridgehead atoms. The van der Waals surface area contributed by atoms with Crippen molar-refractivity contribution >= 4 is 23.9 Å². The number of unbranched alkanes of at least 4 members (excludes halogenated alkanes) is 13. The molecule has 0 aromatic carbocycles. The molecule has 1 saturated heterocycles. The predicted octanol–water partition coefficient (Wildman–Crippen LogP) is 13.9. The van der Waals surface area contributed by atoms with Crippen LogP contribution < -0.4 is 0 Å². The molecule has 0 aliphatic carbocycles. The Kier molecular flexibility index (Phi) is 44.0. The topological polar surface area (TPSA) is 175 Å². The van der Waals surface area contributed by atoms with E-state index in [2.05, 4.69) is 130 Å². The zero-order chi connectivity index (χ0) is 53.3. The van der Waals surface area contributed by atoms with Crippen molar-refractivity contribution in [3.63, 3.8) is 0 Å². The largest absolute Gasteiger partial charge is 0.479 e. The molecular formula is C61H96O12. The molecule has 0 saturated carbocycles. The molecule has 6 unspecified atom stereocenters. The molecule has 0 radical (unpaired) electrons. The number of hydrogen-bond donors (Lipinski definition) is 3. The molecule has 1 aliphatic rings. The summed E-state index contributed by atoms with van der Waals surface area (Å²) in [5, 5.41) is 31.4. The SMILES string of the molecule is CC/C=C\C/C=C\C/C=C\C/C=C\CCCCC(=O)OC1C(OCC(COC(=O)CCCCCCC/C=C\C/C=C\C/C=C\CC)OC(=O)CCCCCCC/C=C\C/C=C\CCC)OC(C(=O)O)C(O)C1O. The van der Waals surface area contributed by atoms with Crippen LogP contribution in [0.4, 0.5) is 0 Å². The molecule has 0 aromatic rings. The first-order valence-electron chi connectivity index (χ1n) is 27.9. The lowest BCUT2D eigenvalue weighted by atomic mass is 9.98. The van der Waals surface area contributed by atoms with Crippen molar-refractivity contribution in [3.05, 3.63) is 109 Å². The first-order chi connectivity index (χ1) is 35.6. The molecule has 1 fully saturated rings. The second-order valence-corrected chi connectivity index (χ2v) is 18.4. The second kappa shape index (κ2) is 48.3. The fourth-order valence-corrected chi connectivity index (χ4v) is 7.59. The molecule has 12 nitrogen and oxygen atoms in total. The number of carbonyl (C=O) groups is 4. The number of carboxylic acid groups (broad SMARTS) is 1. The van der Waals surface area contributed by atoms with Gasteiger partial charge < -0.3 is 39.0 Å². The molecule has 1 aliphatic heterocycles. The number of rotatable bonds is 45. The van der Waals surface area contributed by atoms with Gasteiger partial charge in [0.1, 0.15) is 18.8 Å². The van der Waals surface area contributed by atoms with Crippen molar-refractivity contribution in [1.29, 1.82) is 0 Å². The van der Waals surface area contributed by atoms with Gasteiger partial charge in [-0.05, 0) is 116 Å². The summed E-state index contributed by atoms with van der Waals surface area (Å²) in [4.78, 5) is 51.0. The molecule has 12 heteroatoms. The van der Waals surface area contributed by atoms with Crippen molar-refractivity contribution < 1.29 is 58.2 Å². The van der Waals surface area contributed by atoms with Crippen molar-refractivity contribution in [1.82, 2.24) is 0 Å². The Morgan fingerprint density at radius 1 is 0.466 bits per heavy atom. The molecule has 0 spiro atoms. The summed E-state index contributed by atoms with van der Waals surface area (Å²) in [5.74, 6) is -3.23. The van der Waals surface area contributed by atoms with Gasteiger partial charge in [0.25, 0.3) is 0 Å². The van der Waals surface area contributed by atoms with Crippen LogP contribution in [0, 0.1) is 0 Å². The first-order valence-corrected chi connectivity index (χ1v) is 27.9. The standard InChI is InChI=1S/C61H96O12/c1-4-7-10-13-16-19-22-25-27-30-32-35-38-41-44-47-53(62)69-50-52(71-54(63)48-45-42-39-36-33-29-24-21-18-15-12-9-6-3)51-70-61-59(57(66)56(65)58(73-61)60(67)68)72-55(64)49-46-43-40-37-34-31-28-26-23-20-17-14-11-8-5-2/h7-8,10-12,15-17,19-21,24-28,34,37,52,56-59,61,65-66H,4-6,9,13-14,18,22-23,29-33,35-36,38-51H2,1-3H3,(H,67,68)/b10-7-,11-8-,15-12-,19-16-,20-17-,24-21-,27-25-,28-26-,37-34-. The molecule has 3 N–H and O–H groups in total. The number of aliphatic carboxylic acids is 1. The third-order valence-corrected chi connectivity index (χ3v) is 11.8. The number of aliphatic hydroxyl groups is 2. The average Bonchev–Trinajstić information content (AvgIpc) is 3.37. The highest BCUT2D eigenvalue weighted by molar-refractivity contribution is 5.74. The zero-order valence-electron chi connectivity index (χ0n) is 45.1. The van der Waals surface area contributed by atoms with Gasteiger partial charge in [0.05, 0.1) is 6.61 Å². The van der Waals surface area contributed by atoms with E-state index >= 15 is 0 Å². The fraction of sp³-hybridized carbons (Fsp3) is 0.639. The summed E-state index contributed by atoms with van der Waals surface area (Å²) in [6.45, 7) is 5.63. The van der Waals surface area contributed by atoms with Crippen LogP contribution in [0.25, 0.3) is 0 Å². The molecule has 0 aromatic heterocycles. The monoisotopic (exact) mass is 1020 g/mol. The van der Waals surface area contributed by atoms with Gasteiger partial charge in [-0.3, -0.25) is 14.4 Å². The van der Waals surface area contributed by atoms with Gasteiger partial charge in [-0.2, -0.15) is 0 Å². The van der Waals surface area contributed by atoms with Crippen LogP contribution in [0.15, 0.2) is 109 Å². The van der Waals surface area contributed by atoms with E-state index < -0.39 is 67.3 Å². The third kappa shape index (κ3) is 38.6. The normalized spacial score (nSPS) is 19.2. The van der Waals surface area contributed by atoms with E-state index in [1.165, 1.54) is 0 Å². The van der Waals surface area contributed by atoms with E-state index in [0.717, 1.165) is 135 Å².